The molecule has 3 N–H and O–H groups in total. The maximum atomic E-state index is 11.9. The molecular formula is C21H20O6. The molecule has 0 radical (unpaired) electrons. The molecule has 2 rings (SSSR count). The molecule has 0 saturated heterocycles. The van der Waals surface area contributed by atoms with Gasteiger partial charge in [-0.2, -0.15) is 0 Å². The average molecular weight is 368 g/mol. The molecule has 6 nitrogen and oxygen atoms in total. The number of ether oxygens (including phenoxy) is 2. The SMILES string of the molecule is COc1cc(/C=C/C(=O)C=C(O)/C=C/c2ccc(O)c(OC)c2)ccc1O. The van der Waals surface area contributed by atoms with Gasteiger partial charge < -0.3 is 24.8 Å². The summed E-state index contributed by atoms with van der Waals surface area (Å²) >= 11 is 0. The fourth-order valence-electron chi connectivity index (χ4n) is 2.20. The molecule has 27 heavy (non-hydrogen) atoms. The minimum absolute atomic E-state index is 0.00881. The molecule has 6 heteroatoms. The minimum Gasteiger partial charge on any atom is -0.508 e. The van der Waals surface area contributed by atoms with Gasteiger partial charge in [-0.3, -0.25) is 4.79 Å². The van der Waals surface area contributed by atoms with Crippen molar-refractivity contribution in [2.75, 3.05) is 14.2 Å². The molecule has 2 aromatic carbocycles. The van der Waals surface area contributed by atoms with Crippen LogP contribution in [0.2, 0.25) is 0 Å². The standard InChI is InChI=1S/C21H20O6/c1-26-20-11-14(5-9-18(20)24)3-7-16(22)13-17(23)8-4-15-6-10-19(25)21(12-15)27-2/h3-13,22,24-25H,1-2H3/b7-3+,8-4+,16-13?. The van der Waals surface area contributed by atoms with E-state index in [0.29, 0.717) is 22.6 Å². The van der Waals surface area contributed by atoms with Gasteiger partial charge in [0, 0.05) is 6.08 Å². The summed E-state index contributed by atoms with van der Waals surface area (Å²) in [4.78, 5) is 11.9. The lowest BCUT2D eigenvalue weighted by molar-refractivity contribution is -0.110. The highest BCUT2D eigenvalue weighted by molar-refractivity contribution is 6.02. The predicted molar refractivity (Wildman–Crippen MR) is 103 cm³/mol. The monoisotopic (exact) mass is 368 g/mol. The van der Waals surface area contributed by atoms with Gasteiger partial charge in [0.2, 0.25) is 0 Å². The molecule has 0 atom stereocenters. The Morgan fingerprint density at radius 1 is 0.852 bits per heavy atom. The van der Waals surface area contributed by atoms with Gasteiger partial charge in [0.15, 0.2) is 28.8 Å². The lowest BCUT2D eigenvalue weighted by atomic mass is 10.1. The van der Waals surface area contributed by atoms with Gasteiger partial charge in [-0.25, -0.2) is 0 Å². The van der Waals surface area contributed by atoms with Crippen LogP contribution < -0.4 is 9.47 Å². The Bertz CT molecular complexity index is 909. The molecule has 0 aromatic heterocycles. The quantitative estimate of drug-likeness (QED) is 0.390. The second-order valence-electron chi connectivity index (χ2n) is 5.50. The Labute approximate surface area is 156 Å². The lowest BCUT2D eigenvalue weighted by Gasteiger charge is -2.03. The van der Waals surface area contributed by atoms with E-state index in [4.69, 9.17) is 9.47 Å². The van der Waals surface area contributed by atoms with E-state index in [1.807, 2.05) is 0 Å². The molecule has 0 aliphatic carbocycles. The van der Waals surface area contributed by atoms with Crippen LogP contribution in [0.5, 0.6) is 23.0 Å². The summed E-state index contributed by atoms with van der Waals surface area (Å²) in [7, 11) is 2.87. The first-order chi connectivity index (χ1) is 12.9. The van der Waals surface area contributed by atoms with Crippen LogP contribution in [0.25, 0.3) is 12.2 Å². The van der Waals surface area contributed by atoms with Crippen LogP contribution in [-0.4, -0.2) is 35.3 Å². The normalized spacial score (nSPS) is 11.9. The highest BCUT2D eigenvalue weighted by atomic mass is 16.5. The Balaban J connectivity index is 2.05. The molecule has 140 valence electrons. The molecule has 0 spiro atoms. The zero-order valence-corrected chi connectivity index (χ0v) is 14.9. The van der Waals surface area contributed by atoms with E-state index in [2.05, 4.69) is 0 Å². The Kier molecular flexibility index (Phi) is 6.66. The van der Waals surface area contributed by atoms with Gasteiger partial charge in [0.25, 0.3) is 0 Å². The number of carbonyl (C=O) groups is 1. The number of aliphatic hydroxyl groups is 1. The van der Waals surface area contributed by atoms with Gasteiger partial charge in [-0.15, -0.1) is 0 Å². The smallest absolute Gasteiger partial charge is 0.182 e. The maximum Gasteiger partial charge on any atom is 0.182 e. The first kappa shape index (κ1) is 19.7. The van der Waals surface area contributed by atoms with E-state index in [-0.39, 0.29) is 17.3 Å². The van der Waals surface area contributed by atoms with Gasteiger partial charge in [0.1, 0.15) is 5.76 Å². The number of aliphatic hydroxyl groups excluding tert-OH is 1. The van der Waals surface area contributed by atoms with E-state index < -0.39 is 5.78 Å². The van der Waals surface area contributed by atoms with Crippen molar-refractivity contribution in [1.82, 2.24) is 0 Å². The van der Waals surface area contributed by atoms with Crippen LogP contribution in [0, 0.1) is 0 Å². The second-order valence-corrected chi connectivity index (χ2v) is 5.50. The number of ketones is 1. The fraction of sp³-hybridized carbons (Fsp3) is 0.0952. The van der Waals surface area contributed by atoms with Crippen molar-refractivity contribution >= 4 is 17.9 Å². The third-order valence-electron chi connectivity index (χ3n) is 3.58. The van der Waals surface area contributed by atoms with E-state index in [9.17, 15) is 20.1 Å². The third kappa shape index (κ3) is 5.67. The van der Waals surface area contributed by atoms with Crippen LogP contribution >= 0.6 is 0 Å². The van der Waals surface area contributed by atoms with Crippen molar-refractivity contribution < 1.29 is 29.6 Å². The van der Waals surface area contributed by atoms with E-state index in [1.165, 1.54) is 38.5 Å². The number of aromatic hydroxyl groups is 2. The van der Waals surface area contributed by atoms with Crippen molar-refractivity contribution in [3.05, 3.63) is 71.5 Å². The first-order valence-electron chi connectivity index (χ1n) is 7.97. The number of hydrogen-bond donors (Lipinski definition) is 3. The maximum absolute atomic E-state index is 11.9. The van der Waals surface area contributed by atoms with E-state index in [0.717, 1.165) is 6.08 Å². The number of benzene rings is 2. The Hall–Kier alpha value is -3.67. The van der Waals surface area contributed by atoms with Crippen molar-refractivity contribution in [1.29, 1.82) is 0 Å². The number of carbonyl (C=O) groups excluding carboxylic acids is 1. The molecular weight excluding hydrogens is 348 g/mol. The van der Waals surface area contributed by atoms with Crippen molar-refractivity contribution in [3.63, 3.8) is 0 Å². The van der Waals surface area contributed by atoms with Crippen LogP contribution in [0.4, 0.5) is 0 Å². The highest BCUT2D eigenvalue weighted by Crippen LogP contribution is 2.27. The number of methoxy groups -OCH3 is 2. The Morgan fingerprint density at radius 3 is 1.81 bits per heavy atom. The largest absolute Gasteiger partial charge is 0.508 e. The van der Waals surface area contributed by atoms with Crippen LogP contribution in [0.3, 0.4) is 0 Å². The highest BCUT2D eigenvalue weighted by Gasteiger charge is 2.02. The third-order valence-corrected chi connectivity index (χ3v) is 3.58. The summed E-state index contributed by atoms with van der Waals surface area (Å²) in [6.45, 7) is 0. The number of phenols is 2. The summed E-state index contributed by atoms with van der Waals surface area (Å²) in [6, 6.07) is 9.38. The number of hydrogen-bond acceptors (Lipinski definition) is 6. The molecule has 0 heterocycles. The fourth-order valence-corrected chi connectivity index (χ4v) is 2.20. The lowest BCUT2D eigenvalue weighted by Crippen LogP contribution is -1.89. The Morgan fingerprint density at radius 2 is 1.33 bits per heavy atom. The molecule has 0 aliphatic heterocycles. The van der Waals surface area contributed by atoms with Crippen LogP contribution in [0.15, 0.2) is 60.4 Å². The molecule has 2 aromatic rings. The van der Waals surface area contributed by atoms with E-state index >= 15 is 0 Å². The zero-order chi connectivity index (χ0) is 19.8. The van der Waals surface area contributed by atoms with Crippen LogP contribution in [-0.2, 0) is 4.79 Å². The molecule has 0 saturated carbocycles. The van der Waals surface area contributed by atoms with Crippen molar-refractivity contribution in [3.8, 4) is 23.0 Å². The number of rotatable bonds is 7. The number of phenolic OH excluding ortho intramolecular Hbond substituents is 2. The summed E-state index contributed by atoms with van der Waals surface area (Å²) in [5, 5.41) is 29.0. The average Bonchev–Trinajstić information content (AvgIpc) is 2.66. The van der Waals surface area contributed by atoms with Crippen molar-refractivity contribution in [2.45, 2.75) is 0 Å². The van der Waals surface area contributed by atoms with Gasteiger partial charge in [-0.1, -0.05) is 24.3 Å². The summed E-state index contributed by atoms with van der Waals surface area (Å²) in [5.74, 6) is 0.00163. The molecule has 0 aliphatic rings. The molecule has 0 amide bonds. The number of allylic oxidation sites excluding steroid dienone is 3. The topological polar surface area (TPSA) is 96.2 Å². The van der Waals surface area contributed by atoms with Gasteiger partial charge in [-0.05, 0) is 47.5 Å². The van der Waals surface area contributed by atoms with Gasteiger partial charge >= 0.3 is 0 Å². The van der Waals surface area contributed by atoms with Crippen LogP contribution in [0.1, 0.15) is 11.1 Å². The summed E-state index contributed by atoms with van der Waals surface area (Å²) in [5.41, 5.74) is 1.35. The van der Waals surface area contributed by atoms with Crippen molar-refractivity contribution in [2.24, 2.45) is 0 Å². The zero-order valence-electron chi connectivity index (χ0n) is 14.9. The van der Waals surface area contributed by atoms with Gasteiger partial charge in [0.05, 0.1) is 14.2 Å². The first-order valence-corrected chi connectivity index (χ1v) is 7.97. The summed E-state index contributed by atoms with van der Waals surface area (Å²) in [6.07, 6.45) is 6.85. The summed E-state index contributed by atoms with van der Waals surface area (Å²) < 4.78 is 10.0. The molecule has 0 unspecified atom stereocenters. The predicted octanol–water partition coefficient (Wildman–Crippen LogP) is 3.85. The second kappa shape index (κ2) is 9.15. The molecule has 0 bridgehead atoms. The minimum atomic E-state index is -0.410. The molecule has 0 fully saturated rings. The van der Waals surface area contributed by atoms with E-state index in [1.54, 1.807) is 36.4 Å².